The van der Waals surface area contributed by atoms with Crippen molar-refractivity contribution in [2.45, 2.75) is 6.92 Å². The summed E-state index contributed by atoms with van der Waals surface area (Å²) < 4.78 is 1.86. The fourth-order valence-corrected chi connectivity index (χ4v) is 3.22. The van der Waals surface area contributed by atoms with Crippen molar-refractivity contribution >= 4 is 22.8 Å². The third-order valence-electron chi connectivity index (χ3n) is 4.61. The molecular formula is C21H21N5. The number of H-pyrrole nitrogens is 1. The Labute approximate surface area is 152 Å². The zero-order valence-electron chi connectivity index (χ0n) is 15.2. The molecule has 5 nitrogen and oxygen atoms in total. The van der Waals surface area contributed by atoms with Crippen molar-refractivity contribution in [3.8, 4) is 22.8 Å². The van der Waals surface area contributed by atoms with Gasteiger partial charge in [0, 0.05) is 30.9 Å². The molecule has 0 aliphatic rings. The predicted molar refractivity (Wildman–Crippen MR) is 108 cm³/mol. The van der Waals surface area contributed by atoms with E-state index < -0.39 is 0 Å². The van der Waals surface area contributed by atoms with Gasteiger partial charge in [-0.1, -0.05) is 42.5 Å². The predicted octanol–water partition coefficient (Wildman–Crippen LogP) is 4.62. The van der Waals surface area contributed by atoms with Gasteiger partial charge in [0.2, 0.25) is 0 Å². The molecule has 0 spiro atoms. The van der Waals surface area contributed by atoms with E-state index in [1.165, 1.54) is 5.56 Å². The van der Waals surface area contributed by atoms with Crippen LogP contribution in [0.25, 0.3) is 39.9 Å². The molecule has 2 N–H and O–H groups in total. The van der Waals surface area contributed by atoms with Gasteiger partial charge in [-0.05, 0) is 25.1 Å². The molecule has 4 aromatic rings. The minimum Gasteiger partial charge on any atom is -0.388 e. The van der Waals surface area contributed by atoms with Crippen LogP contribution in [0.4, 0.5) is 5.69 Å². The summed E-state index contributed by atoms with van der Waals surface area (Å²) >= 11 is 0. The second-order valence-corrected chi connectivity index (χ2v) is 6.37. The number of rotatable bonds is 4. The van der Waals surface area contributed by atoms with Crippen molar-refractivity contribution in [1.82, 2.24) is 19.7 Å². The SMILES string of the molecule is C=Cc1c(-c2ccc(C)cc2)nn(C)c1-c1nc2ccc(NC)cc2[nH]1. The molecule has 26 heavy (non-hydrogen) atoms. The summed E-state index contributed by atoms with van der Waals surface area (Å²) in [4.78, 5) is 8.17. The lowest BCUT2D eigenvalue weighted by molar-refractivity contribution is 0.774. The molecule has 4 rings (SSSR count). The maximum absolute atomic E-state index is 4.76. The van der Waals surface area contributed by atoms with Gasteiger partial charge >= 0.3 is 0 Å². The van der Waals surface area contributed by atoms with Crippen LogP contribution < -0.4 is 5.32 Å². The topological polar surface area (TPSA) is 58.5 Å². The molecule has 0 unspecified atom stereocenters. The number of benzene rings is 2. The van der Waals surface area contributed by atoms with Crippen LogP contribution in [-0.4, -0.2) is 26.8 Å². The zero-order valence-corrected chi connectivity index (χ0v) is 15.2. The van der Waals surface area contributed by atoms with Crippen molar-refractivity contribution < 1.29 is 0 Å². The molecule has 0 aliphatic heterocycles. The molecule has 2 aromatic carbocycles. The van der Waals surface area contributed by atoms with Gasteiger partial charge in [0.05, 0.1) is 11.0 Å². The summed E-state index contributed by atoms with van der Waals surface area (Å²) in [6.45, 7) is 6.09. The smallest absolute Gasteiger partial charge is 0.157 e. The molecule has 0 saturated carbocycles. The Hall–Kier alpha value is -3.34. The highest BCUT2D eigenvalue weighted by Gasteiger charge is 2.19. The number of aromatic amines is 1. The van der Waals surface area contributed by atoms with E-state index in [9.17, 15) is 0 Å². The summed E-state index contributed by atoms with van der Waals surface area (Å²) in [5.41, 5.74) is 8.06. The first-order chi connectivity index (χ1) is 12.6. The average molecular weight is 343 g/mol. The molecule has 0 atom stereocenters. The second-order valence-electron chi connectivity index (χ2n) is 6.37. The number of aromatic nitrogens is 4. The Bertz CT molecular complexity index is 1100. The number of aryl methyl sites for hydroxylation is 2. The molecule has 130 valence electrons. The number of fused-ring (bicyclic) bond motifs is 1. The third kappa shape index (κ3) is 2.58. The van der Waals surface area contributed by atoms with E-state index in [4.69, 9.17) is 10.1 Å². The van der Waals surface area contributed by atoms with E-state index in [1.54, 1.807) is 0 Å². The minimum atomic E-state index is 0.788. The Morgan fingerprint density at radius 1 is 1.15 bits per heavy atom. The van der Waals surface area contributed by atoms with Crippen LogP contribution in [0.2, 0.25) is 0 Å². The highest BCUT2D eigenvalue weighted by molar-refractivity contribution is 5.86. The fourth-order valence-electron chi connectivity index (χ4n) is 3.22. The van der Waals surface area contributed by atoms with Gasteiger partial charge in [0.25, 0.3) is 0 Å². The molecule has 0 radical (unpaired) electrons. The maximum Gasteiger partial charge on any atom is 0.157 e. The van der Waals surface area contributed by atoms with Crippen LogP contribution in [0.3, 0.4) is 0 Å². The Morgan fingerprint density at radius 2 is 1.92 bits per heavy atom. The fraction of sp³-hybridized carbons (Fsp3) is 0.143. The van der Waals surface area contributed by atoms with Crippen LogP contribution in [0.1, 0.15) is 11.1 Å². The van der Waals surface area contributed by atoms with Gasteiger partial charge in [-0.2, -0.15) is 5.10 Å². The zero-order chi connectivity index (χ0) is 18.3. The number of anilines is 1. The van der Waals surface area contributed by atoms with E-state index >= 15 is 0 Å². The van der Waals surface area contributed by atoms with E-state index in [0.29, 0.717) is 0 Å². The van der Waals surface area contributed by atoms with Gasteiger partial charge in [-0.15, -0.1) is 0 Å². The summed E-state index contributed by atoms with van der Waals surface area (Å²) in [6, 6.07) is 14.4. The van der Waals surface area contributed by atoms with E-state index in [1.807, 2.05) is 37.0 Å². The highest BCUT2D eigenvalue weighted by atomic mass is 15.3. The van der Waals surface area contributed by atoms with Crippen molar-refractivity contribution in [1.29, 1.82) is 0 Å². The number of hydrogen-bond acceptors (Lipinski definition) is 3. The van der Waals surface area contributed by atoms with Crippen molar-refractivity contribution in [2.24, 2.45) is 7.05 Å². The van der Waals surface area contributed by atoms with Crippen LogP contribution in [0, 0.1) is 6.92 Å². The monoisotopic (exact) mass is 343 g/mol. The Kier molecular flexibility index (Phi) is 3.84. The Balaban J connectivity index is 1.89. The summed E-state index contributed by atoms with van der Waals surface area (Å²) in [6.07, 6.45) is 1.85. The van der Waals surface area contributed by atoms with Crippen molar-refractivity contribution in [2.75, 3.05) is 12.4 Å². The molecule has 2 heterocycles. The molecule has 0 fully saturated rings. The summed E-state index contributed by atoms with van der Waals surface area (Å²) in [5.74, 6) is 0.788. The standard InChI is InChI=1S/C21H21N5/c1-5-16-19(14-8-6-13(2)7-9-14)25-26(4)20(16)21-23-17-11-10-15(22-3)12-18(17)24-21/h5-12,22H,1H2,2-4H3,(H,23,24). The Morgan fingerprint density at radius 3 is 2.62 bits per heavy atom. The number of nitrogens with one attached hydrogen (secondary N) is 2. The molecule has 2 aromatic heterocycles. The lowest BCUT2D eigenvalue weighted by atomic mass is 10.0. The van der Waals surface area contributed by atoms with E-state index in [0.717, 1.165) is 45.1 Å². The summed E-state index contributed by atoms with van der Waals surface area (Å²) in [7, 11) is 3.84. The number of nitrogens with zero attached hydrogens (tertiary/aromatic N) is 3. The molecule has 0 saturated heterocycles. The lowest BCUT2D eigenvalue weighted by Gasteiger charge is -2.01. The highest BCUT2D eigenvalue weighted by Crippen LogP contribution is 2.32. The van der Waals surface area contributed by atoms with Gasteiger partial charge in [0.1, 0.15) is 11.4 Å². The number of hydrogen-bond donors (Lipinski definition) is 2. The minimum absolute atomic E-state index is 0.788. The summed E-state index contributed by atoms with van der Waals surface area (Å²) in [5, 5.41) is 7.89. The van der Waals surface area contributed by atoms with Crippen LogP contribution in [0.15, 0.2) is 49.0 Å². The van der Waals surface area contributed by atoms with Crippen LogP contribution >= 0.6 is 0 Å². The maximum atomic E-state index is 4.76. The van der Waals surface area contributed by atoms with Crippen LogP contribution in [-0.2, 0) is 7.05 Å². The first-order valence-electron chi connectivity index (χ1n) is 8.55. The van der Waals surface area contributed by atoms with Gasteiger partial charge in [-0.25, -0.2) is 4.98 Å². The molecule has 0 amide bonds. The molecule has 0 aliphatic carbocycles. The number of imidazole rings is 1. The molecule has 0 bridgehead atoms. The third-order valence-corrected chi connectivity index (χ3v) is 4.61. The van der Waals surface area contributed by atoms with Crippen LogP contribution in [0.5, 0.6) is 0 Å². The second kappa shape index (κ2) is 6.19. The van der Waals surface area contributed by atoms with Crippen molar-refractivity contribution in [3.05, 3.63) is 60.2 Å². The van der Waals surface area contributed by atoms with E-state index in [2.05, 4.69) is 54.1 Å². The van der Waals surface area contributed by atoms with E-state index in [-0.39, 0.29) is 0 Å². The average Bonchev–Trinajstić information content (AvgIpc) is 3.21. The van der Waals surface area contributed by atoms with Crippen molar-refractivity contribution in [3.63, 3.8) is 0 Å². The normalized spacial score (nSPS) is 11.0. The van der Waals surface area contributed by atoms with Gasteiger partial charge in [0.15, 0.2) is 5.82 Å². The van der Waals surface area contributed by atoms with Gasteiger partial charge in [-0.3, -0.25) is 4.68 Å². The molecule has 5 heteroatoms. The largest absolute Gasteiger partial charge is 0.388 e. The quantitative estimate of drug-likeness (QED) is 0.568. The first-order valence-corrected chi connectivity index (χ1v) is 8.55. The first kappa shape index (κ1) is 16.1. The molecular weight excluding hydrogens is 322 g/mol. The lowest BCUT2D eigenvalue weighted by Crippen LogP contribution is -1.95. The van der Waals surface area contributed by atoms with Gasteiger partial charge < -0.3 is 10.3 Å².